The molecule has 3 aromatic rings. The molecule has 2 aromatic carbocycles. The standard InChI is InChI=1S/C27H30N2O5/c1-19-25(28-27(34-19)22-6-4-3-5-7-22)14-15-32-24-12-10-20(11-13-24)16-23(17-26(30)31-2)29-33-18-21-8-9-21/h3-7,10-13,16,21,29H,8-9,14-15,17-18H2,1-2H3. The molecule has 0 saturated heterocycles. The number of oxazole rings is 1. The fourth-order valence-corrected chi connectivity index (χ4v) is 3.37. The SMILES string of the molecule is COC(=O)CC(=Cc1ccc(OCCc2nc(-c3ccccc3)oc2C)cc1)NOCC1CC1. The lowest BCUT2D eigenvalue weighted by molar-refractivity contribution is -0.140. The minimum absolute atomic E-state index is 0.113. The second kappa shape index (κ2) is 11.5. The number of esters is 1. The van der Waals surface area contributed by atoms with Crippen molar-refractivity contribution in [2.24, 2.45) is 5.92 Å². The second-order valence-electron chi connectivity index (χ2n) is 8.33. The Morgan fingerprint density at radius 3 is 2.62 bits per heavy atom. The lowest BCUT2D eigenvalue weighted by atomic mass is 10.1. The molecule has 1 heterocycles. The summed E-state index contributed by atoms with van der Waals surface area (Å²) in [5.74, 6) is 2.48. The number of carbonyl (C=O) groups excluding carboxylic acids is 1. The molecule has 0 aliphatic heterocycles. The summed E-state index contributed by atoms with van der Waals surface area (Å²) in [6.45, 7) is 3.05. The first-order valence-corrected chi connectivity index (χ1v) is 11.5. The molecule has 178 valence electrons. The molecule has 0 bridgehead atoms. The molecular weight excluding hydrogens is 432 g/mol. The van der Waals surface area contributed by atoms with Crippen molar-refractivity contribution >= 4 is 12.0 Å². The van der Waals surface area contributed by atoms with Gasteiger partial charge in [-0.3, -0.25) is 15.1 Å². The summed E-state index contributed by atoms with van der Waals surface area (Å²) in [7, 11) is 1.38. The van der Waals surface area contributed by atoms with E-state index in [9.17, 15) is 4.79 Å². The van der Waals surface area contributed by atoms with Crippen molar-refractivity contribution in [1.29, 1.82) is 0 Å². The van der Waals surface area contributed by atoms with Gasteiger partial charge in [0.05, 0.1) is 32.4 Å². The first-order chi connectivity index (χ1) is 16.6. The number of aromatic nitrogens is 1. The molecule has 1 aromatic heterocycles. The Hall–Kier alpha value is -3.58. The van der Waals surface area contributed by atoms with Crippen molar-refractivity contribution < 1.29 is 23.5 Å². The number of hydroxylamine groups is 1. The van der Waals surface area contributed by atoms with E-state index >= 15 is 0 Å². The first-order valence-electron chi connectivity index (χ1n) is 11.5. The van der Waals surface area contributed by atoms with Crippen molar-refractivity contribution in [3.63, 3.8) is 0 Å². The van der Waals surface area contributed by atoms with Crippen LogP contribution in [-0.4, -0.2) is 31.3 Å². The smallest absolute Gasteiger partial charge is 0.311 e. The number of methoxy groups -OCH3 is 1. The highest BCUT2D eigenvalue weighted by Gasteiger charge is 2.21. The van der Waals surface area contributed by atoms with E-state index in [-0.39, 0.29) is 12.4 Å². The molecule has 0 unspecified atom stereocenters. The van der Waals surface area contributed by atoms with E-state index in [0.717, 1.165) is 28.3 Å². The van der Waals surface area contributed by atoms with E-state index in [0.29, 0.717) is 37.1 Å². The van der Waals surface area contributed by atoms with E-state index in [1.807, 2.05) is 67.6 Å². The number of rotatable bonds is 12. The predicted molar refractivity (Wildman–Crippen MR) is 129 cm³/mol. The summed E-state index contributed by atoms with van der Waals surface area (Å²) < 4.78 is 16.5. The molecule has 1 aliphatic carbocycles. The molecule has 0 amide bonds. The minimum Gasteiger partial charge on any atom is -0.493 e. The molecule has 7 heteroatoms. The second-order valence-corrected chi connectivity index (χ2v) is 8.33. The van der Waals surface area contributed by atoms with Crippen LogP contribution in [0, 0.1) is 12.8 Å². The van der Waals surface area contributed by atoms with E-state index in [2.05, 4.69) is 10.5 Å². The number of hydrogen-bond acceptors (Lipinski definition) is 7. The van der Waals surface area contributed by atoms with Crippen LogP contribution < -0.4 is 10.2 Å². The fraction of sp³-hybridized carbons (Fsp3) is 0.333. The zero-order valence-electron chi connectivity index (χ0n) is 19.6. The molecule has 1 fully saturated rings. The van der Waals surface area contributed by atoms with Crippen LogP contribution in [0.2, 0.25) is 0 Å². The topological polar surface area (TPSA) is 82.8 Å². The third kappa shape index (κ3) is 6.96. The summed E-state index contributed by atoms with van der Waals surface area (Å²) in [4.78, 5) is 21.9. The van der Waals surface area contributed by atoms with Crippen molar-refractivity contribution in [1.82, 2.24) is 10.5 Å². The average molecular weight is 463 g/mol. The Morgan fingerprint density at radius 1 is 1.15 bits per heavy atom. The van der Waals surface area contributed by atoms with Gasteiger partial charge in [-0.2, -0.15) is 0 Å². The van der Waals surface area contributed by atoms with Crippen molar-refractivity contribution in [2.75, 3.05) is 20.3 Å². The highest BCUT2D eigenvalue weighted by molar-refractivity contribution is 5.74. The third-order valence-corrected chi connectivity index (χ3v) is 5.52. The zero-order chi connectivity index (χ0) is 23.8. The fourth-order valence-electron chi connectivity index (χ4n) is 3.37. The monoisotopic (exact) mass is 462 g/mol. The summed E-state index contributed by atoms with van der Waals surface area (Å²) in [5.41, 5.74) is 6.33. The molecule has 0 spiro atoms. The van der Waals surface area contributed by atoms with Gasteiger partial charge >= 0.3 is 5.97 Å². The zero-order valence-corrected chi connectivity index (χ0v) is 19.6. The van der Waals surface area contributed by atoms with E-state index in [1.54, 1.807) is 0 Å². The Bertz CT molecular complexity index is 1100. The quantitative estimate of drug-likeness (QED) is 0.296. The Labute approximate surface area is 199 Å². The van der Waals surface area contributed by atoms with Crippen LogP contribution in [0.3, 0.4) is 0 Å². The van der Waals surface area contributed by atoms with Gasteiger partial charge < -0.3 is 13.9 Å². The predicted octanol–water partition coefficient (Wildman–Crippen LogP) is 5.11. The Balaban J connectivity index is 1.31. The van der Waals surface area contributed by atoms with Gasteiger partial charge in [-0.25, -0.2) is 4.98 Å². The Morgan fingerprint density at radius 2 is 1.91 bits per heavy atom. The normalized spacial score (nSPS) is 13.5. The number of hydrogen-bond donors (Lipinski definition) is 1. The van der Waals surface area contributed by atoms with E-state index < -0.39 is 0 Å². The van der Waals surface area contributed by atoms with Crippen LogP contribution >= 0.6 is 0 Å². The van der Waals surface area contributed by atoms with Gasteiger partial charge in [0.15, 0.2) is 0 Å². The number of aryl methyl sites for hydroxylation is 1. The number of nitrogens with zero attached hydrogens (tertiary/aromatic N) is 1. The summed E-state index contributed by atoms with van der Waals surface area (Å²) in [5, 5.41) is 0. The summed E-state index contributed by atoms with van der Waals surface area (Å²) in [6, 6.07) is 17.5. The molecule has 1 N–H and O–H groups in total. The highest BCUT2D eigenvalue weighted by atomic mass is 16.6. The summed E-state index contributed by atoms with van der Waals surface area (Å²) >= 11 is 0. The molecule has 0 atom stereocenters. The maximum atomic E-state index is 11.7. The molecular formula is C27H30N2O5. The molecule has 1 aliphatic rings. The maximum Gasteiger partial charge on any atom is 0.311 e. The molecule has 4 rings (SSSR count). The molecule has 0 radical (unpaired) electrons. The van der Waals surface area contributed by atoms with Gasteiger partial charge in [0.2, 0.25) is 5.89 Å². The van der Waals surface area contributed by atoms with Gasteiger partial charge in [0, 0.05) is 17.7 Å². The van der Waals surface area contributed by atoms with Crippen molar-refractivity contribution in [3.05, 3.63) is 77.3 Å². The van der Waals surface area contributed by atoms with E-state index in [4.69, 9.17) is 18.7 Å². The third-order valence-electron chi connectivity index (χ3n) is 5.52. The van der Waals surface area contributed by atoms with Gasteiger partial charge in [-0.15, -0.1) is 0 Å². The van der Waals surface area contributed by atoms with E-state index in [1.165, 1.54) is 20.0 Å². The van der Waals surface area contributed by atoms with Gasteiger partial charge in [-0.05, 0) is 61.6 Å². The average Bonchev–Trinajstić information content (AvgIpc) is 3.61. The van der Waals surface area contributed by atoms with Crippen LogP contribution in [-0.2, 0) is 20.8 Å². The molecule has 7 nitrogen and oxygen atoms in total. The number of carbonyl (C=O) groups is 1. The lowest BCUT2D eigenvalue weighted by Crippen LogP contribution is -2.18. The van der Waals surface area contributed by atoms with Crippen LogP contribution in [0.25, 0.3) is 17.5 Å². The van der Waals surface area contributed by atoms with Crippen LogP contribution in [0.4, 0.5) is 0 Å². The molecule has 1 saturated carbocycles. The molecule has 34 heavy (non-hydrogen) atoms. The van der Waals surface area contributed by atoms with Crippen molar-refractivity contribution in [2.45, 2.75) is 32.6 Å². The minimum atomic E-state index is -0.327. The van der Waals surface area contributed by atoms with Gasteiger partial charge in [-0.1, -0.05) is 30.3 Å². The first kappa shape index (κ1) is 23.6. The van der Waals surface area contributed by atoms with Crippen LogP contribution in [0.15, 0.2) is 64.7 Å². The number of ether oxygens (including phenoxy) is 2. The number of benzene rings is 2. The largest absolute Gasteiger partial charge is 0.493 e. The van der Waals surface area contributed by atoms with Crippen molar-refractivity contribution in [3.8, 4) is 17.2 Å². The summed E-state index contributed by atoms with van der Waals surface area (Å²) in [6.07, 6.45) is 5.03. The lowest BCUT2D eigenvalue weighted by Gasteiger charge is -2.11. The van der Waals surface area contributed by atoms with Crippen LogP contribution in [0.1, 0.15) is 36.3 Å². The van der Waals surface area contributed by atoms with Crippen LogP contribution in [0.5, 0.6) is 5.75 Å². The van der Waals surface area contributed by atoms with Gasteiger partial charge in [0.1, 0.15) is 11.5 Å². The maximum absolute atomic E-state index is 11.7. The number of nitrogens with one attached hydrogen (secondary N) is 1. The Kier molecular flexibility index (Phi) is 7.99. The van der Waals surface area contributed by atoms with Gasteiger partial charge in [0.25, 0.3) is 0 Å². The highest BCUT2D eigenvalue weighted by Crippen LogP contribution is 2.28.